The summed E-state index contributed by atoms with van der Waals surface area (Å²) in [6.07, 6.45) is 0. The van der Waals surface area contributed by atoms with E-state index in [-0.39, 0.29) is 10.5 Å². The van der Waals surface area contributed by atoms with Gasteiger partial charge in [0.15, 0.2) is 0 Å². The van der Waals surface area contributed by atoms with Crippen molar-refractivity contribution in [3.8, 4) is 11.3 Å². The molecule has 0 saturated carbocycles. The lowest BCUT2D eigenvalue weighted by molar-refractivity contribution is 0.0699. The number of fused-ring (bicyclic) bond motifs is 1. The van der Waals surface area contributed by atoms with Crippen molar-refractivity contribution in [2.75, 3.05) is 13.1 Å². The van der Waals surface area contributed by atoms with Crippen LogP contribution in [0.25, 0.3) is 22.2 Å². The second kappa shape index (κ2) is 7.69. The predicted octanol–water partition coefficient (Wildman–Crippen LogP) is 3.94. The Hall–Kier alpha value is -2.77. The third kappa shape index (κ3) is 3.63. The average Bonchev–Trinajstić information content (AvgIpc) is 2.67. The Balaban J connectivity index is 2.23. The fraction of sp³-hybridized carbons (Fsp3) is 0.238. The molecule has 0 aliphatic carbocycles. The van der Waals surface area contributed by atoms with E-state index < -0.39 is 16.0 Å². The van der Waals surface area contributed by atoms with E-state index in [4.69, 9.17) is 0 Å². The molecule has 7 heteroatoms. The first-order valence-corrected chi connectivity index (χ1v) is 10.5. The number of aromatic carboxylic acids is 1. The first-order chi connectivity index (χ1) is 13.3. The lowest BCUT2D eigenvalue weighted by atomic mass is 10.0. The Morgan fingerprint density at radius 2 is 1.79 bits per heavy atom. The van der Waals surface area contributed by atoms with Gasteiger partial charge in [0.2, 0.25) is 10.0 Å². The van der Waals surface area contributed by atoms with Crippen molar-refractivity contribution in [1.82, 2.24) is 9.29 Å². The van der Waals surface area contributed by atoms with Crippen LogP contribution in [0.1, 0.15) is 29.8 Å². The number of nitrogens with zero attached hydrogens (tertiary/aromatic N) is 2. The Bertz CT molecular complexity index is 1150. The lowest BCUT2D eigenvalue weighted by Gasteiger charge is -2.19. The largest absolute Gasteiger partial charge is 0.478 e. The third-order valence-electron chi connectivity index (χ3n) is 4.67. The van der Waals surface area contributed by atoms with Gasteiger partial charge in [0, 0.05) is 24.0 Å². The topological polar surface area (TPSA) is 87.6 Å². The number of carboxylic acids is 1. The molecule has 28 heavy (non-hydrogen) atoms. The minimum atomic E-state index is -3.69. The fourth-order valence-electron chi connectivity index (χ4n) is 3.21. The van der Waals surface area contributed by atoms with E-state index in [0.29, 0.717) is 29.7 Å². The molecule has 1 aromatic heterocycles. The van der Waals surface area contributed by atoms with Crippen molar-refractivity contribution in [3.63, 3.8) is 0 Å². The quantitative estimate of drug-likeness (QED) is 0.679. The number of carboxylic acid groups (broad SMARTS) is 1. The van der Waals surface area contributed by atoms with Gasteiger partial charge in [-0.3, -0.25) is 0 Å². The zero-order valence-electron chi connectivity index (χ0n) is 16.0. The normalized spacial score (nSPS) is 11.9. The van der Waals surface area contributed by atoms with E-state index in [1.165, 1.54) is 22.5 Å². The molecule has 6 nitrogen and oxygen atoms in total. The molecule has 146 valence electrons. The number of carbonyl (C=O) groups is 1. The third-order valence-corrected chi connectivity index (χ3v) is 6.71. The van der Waals surface area contributed by atoms with E-state index in [9.17, 15) is 18.3 Å². The Labute approximate surface area is 164 Å². The highest BCUT2D eigenvalue weighted by molar-refractivity contribution is 7.89. The number of benzene rings is 2. The van der Waals surface area contributed by atoms with Gasteiger partial charge < -0.3 is 5.11 Å². The highest BCUT2D eigenvalue weighted by atomic mass is 32.2. The molecule has 0 radical (unpaired) electrons. The van der Waals surface area contributed by atoms with Crippen LogP contribution in [0.15, 0.2) is 53.4 Å². The number of hydrogen-bond acceptors (Lipinski definition) is 4. The molecule has 0 amide bonds. The number of pyridine rings is 1. The molecule has 3 aromatic rings. The maximum Gasteiger partial charge on any atom is 0.336 e. The minimum Gasteiger partial charge on any atom is -0.478 e. The lowest BCUT2D eigenvalue weighted by Crippen LogP contribution is -2.30. The van der Waals surface area contributed by atoms with Gasteiger partial charge in [0.1, 0.15) is 0 Å². The maximum absolute atomic E-state index is 12.8. The summed E-state index contributed by atoms with van der Waals surface area (Å²) in [7, 11) is -3.69. The predicted molar refractivity (Wildman–Crippen MR) is 109 cm³/mol. The van der Waals surface area contributed by atoms with Gasteiger partial charge in [-0.15, -0.1) is 0 Å². The van der Waals surface area contributed by atoms with E-state index in [2.05, 4.69) is 4.98 Å². The summed E-state index contributed by atoms with van der Waals surface area (Å²) in [6.45, 7) is 6.16. The SMILES string of the molecule is CCN(CC)S(=O)(=O)c1ccc2nc(-c3cccc(C)c3)cc(C(=O)O)c2c1. The highest BCUT2D eigenvalue weighted by Gasteiger charge is 2.23. The summed E-state index contributed by atoms with van der Waals surface area (Å²) < 4.78 is 26.9. The average molecular weight is 398 g/mol. The van der Waals surface area contributed by atoms with Crippen LogP contribution in [0.2, 0.25) is 0 Å². The smallest absolute Gasteiger partial charge is 0.336 e. The Morgan fingerprint density at radius 1 is 1.07 bits per heavy atom. The van der Waals surface area contributed by atoms with Crippen molar-refractivity contribution >= 4 is 26.9 Å². The fourth-order valence-corrected chi connectivity index (χ4v) is 4.69. The summed E-state index contributed by atoms with van der Waals surface area (Å²) in [4.78, 5) is 16.5. The van der Waals surface area contributed by atoms with Gasteiger partial charge >= 0.3 is 5.97 Å². The van der Waals surface area contributed by atoms with Crippen LogP contribution < -0.4 is 0 Å². The molecule has 2 aromatic carbocycles. The monoisotopic (exact) mass is 398 g/mol. The summed E-state index contributed by atoms with van der Waals surface area (Å²) in [6, 6.07) is 13.6. The van der Waals surface area contributed by atoms with Crippen molar-refractivity contribution in [3.05, 3.63) is 59.7 Å². The van der Waals surface area contributed by atoms with Crippen LogP contribution in [0.3, 0.4) is 0 Å². The number of aryl methyl sites for hydroxylation is 1. The van der Waals surface area contributed by atoms with Gasteiger partial charge in [-0.25, -0.2) is 18.2 Å². The summed E-state index contributed by atoms with van der Waals surface area (Å²) in [5.74, 6) is -1.13. The molecule has 0 bridgehead atoms. The molecule has 0 atom stereocenters. The number of hydrogen-bond donors (Lipinski definition) is 1. The van der Waals surface area contributed by atoms with Gasteiger partial charge in [-0.05, 0) is 37.3 Å². The highest BCUT2D eigenvalue weighted by Crippen LogP contribution is 2.28. The van der Waals surface area contributed by atoms with E-state index in [1.54, 1.807) is 19.9 Å². The van der Waals surface area contributed by atoms with E-state index in [0.717, 1.165) is 11.1 Å². The molecule has 0 fully saturated rings. The van der Waals surface area contributed by atoms with Gasteiger partial charge in [-0.2, -0.15) is 4.31 Å². The van der Waals surface area contributed by atoms with Crippen LogP contribution in [0.5, 0.6) is 0 Å². The number of sulfonamides is 1. The molecule has 1 N–H and O–H groups in total. The summed E-state index contributed by atoms with van der Waals surface area (Å²) in [5, 5.41) is 10.0. The molecule has 3 rings (SSSR count). The maximum atomic E-state index is 12.8. The zero-order chi connectivity index (χ0) is 20.5. The van der Waals surface area contributed by atoms with Crippen molar-refractivity contribution in [2.24, 2.45) is 0 Å². The molecule has 0 aliphatic rings. The number of rotatable bonds is 6. The molecule has 1 heterocycles. The molecular formula is C21H22N2O4S. The van der Waals surface area contributed by atoms with Crippen LogP contribution in [-0.4, -0.2) is 41.9 Å². The van der Waals surface area contributed by atoms with Crippen molar-refractivity contribution in [2.45, 2.75) is 25.7 Å². The Morgan fingerprint density at radius 3 is 2.39 bits per heavy atom. The van der Waals surface area contributed by atoms with E-state index >= 15 is 0 Å². The summed E-state index contributed by atoms with van der Waals surface area (Å²) in [5.41, 5.74) is 2.85. The number of aromatic nitrogens is 1. The van der Waals surface area contributed by atoms with Crippen molar-refractivity contribution < 1.29 is 18.3 Å². The molecule has 0 unspecified atom stereocenters. The standard InChI is InChI=1S/C21H22N2O4S/c1-4-23(5-2)28(26,27)16-9-10-19-17(12-16)18(21(24)25)13-20(22-19)15-8-6-7-14(3)11-15/h6-13H,4-5H2,1-3H3,(H,24,25). The second-order valence-electron chi connectivity index (χ2n) is 6.50. The van der Waals surface area contributed by atoms with Crippen LogP contribution >= 0.6 is 0 Å². The summed E-state index contributed by atoms with van der Waals surface area (Å²) >= 11 is 0. The molecule has 0 spiro atoms. The van der Waals surface area contributed by atoms with Crippen molar-refractivity contribution in [1.29, 1.82) is 0 Å². The van der Waals surface area contributed by atoms with Gasteiger partial charge in [0.05, 0.1) is 21.7 Å². The zero-order valence-corrected chi connectivity index (χ0v) is 16.8. The minimum absolute atomic E-state index is 0.0260. The van der Waals surface area contributed by atoms with Crippen LogP contribution in [0, 0.1) is 6.92 Å². The second-order valence-corrected chi connectivity index (χ2v) is 8.44. The van der Waals surface area contributed by atoms with Gasteiger partial charge in [-0.1, -0.05) is 37.6 Å². The Kier molecular flexibility index (Phi) is 5.49. The van der Waals surface area contributed by atoms with E-state index in [1.807, 2.05) is 31.2 Å². The molecule has 0 aliphatic heterocycles. The molecular weight excluding hydrogens is 376 g/mol. The first-order valence-electron chi connectivity index (χ1n) is 9.03. The molecule has 0 saturated heterocycles. The van der Waals surface area contributed by atoms with Gasteiger partial charge in [0.25, 0.3) is 0 Å². The first kappa shape index (κ1) is 20.0. The van der Waals surface area contributed by atoms with Crippen LogP contribution in [-0.2, 0) is 10.0 Å². The van der Waals surface area contributed by atoms with Crippen LogP contribution in [0.4, 0.5) is 0 Å².